The van der Waals surface area contributed by atoms with Gasteiger partial charge in [-0.1, -0.05) is 6.07 Å². The minimum Gasteiger partial charge on any atom is -0.439 e. The molecule has 4 rings (SSSR count). The Bertz CT molecular complexity index is 1100. The molecule has 1 N–H and O–H groups in total. The maximum Gasteiger partial charge on any atom is 0.417 e. The summed E-state index contributed by atoms with van der Waals surface area (Å²) in [4.78, 5) is 22.5. The highest BCUT2D eigenvalue weighted by atomic mass is 19.4. The molecular weight excluding hydrogens is 411 g/mol. The minimum absolute atomic E-state index is 0.0353. The first-order valence-corrected chi connectivity index (χ1v) is 9.74. The highest BCUT2D eigenvalue weighted by Gasteiger charge is 2.31. The molecule has 0 bridgehead atoms. The number of likely N-dealkylation sites (tertiary alicyclic amines) is 1. The number of carbonyl (C=O) groups excluding carboxylic acids is 1. The predicted octanol–water partition coefficient (Wildman–Crippen LogP) is 4.43. The lowest BCUT2D eigenvalue weighted by atomic mass is 9.94. The number of hydrogen-bond acceptors (Lipinski definition) is 5. The lowest BCUT2D eigenvalue weighted by molar-refractivity contribution is -0.137. The first-order chi connectivity index (χ1) is 14.6. The Balaban J connectivity index is 1.49. The maximum absolute atomic E-state index is 12.7. The van der Waals surface area contributed by atoms with Crippen LogP contribution in [0, 0.1) is 0 Å². The molecule has 1 aliphatic heterocycles. The summed E-state index contributed by atoms with van der Waals surface area (Å²) < 4.78 is 43.5. The molecular formula is C22H20F3N3O3. The van der Waals surface area contributed by atoms with Crippen molar-refractivity contribution in [2.24, 2.45) is 0 Å². The second-order valence-electron chi connectivity index (χ2n) is 7.83. The Kier molecular flexibility index (Phi) is 5.30. The van der Waals surface area contributed by atoms with Gasteiger partial charge in [-0.3, -0.25) is 4.79 Å². The number of aliphatic hydroxyl groups is 1. The maximum atomic E-state index is 12.7. The third-order valence-corrected chi connectivity index (χ3v) is 5.29. The average Bonchev–Trinajstić information content (AvgIpc) is 2.72. The van der Waals surface area contributed by atoms with Crippen molar-refractivity contribution in [2.45, 2.75) is 31.5 Å². The highest BCUT2D eigenvalue weighted by molar-refractivity contribution is 5.95. The van der Waals surface area contributed by atoms with Crippen LogP contribution < -0.4 is 4.74 Å². The van der Waals surface area contributed by atoms with Crippen LogP contribution in [0.25, 0.3) is 10.9 Å². The van der Waals surface area contributed by atoms with Crippen LogP contribution in [0.1, 0.15) is 35.8 Å². The van der Waals surface area contributed by atoms with Crippen molar-refractivity contribution >= 4 is 16.8 Å². The molecule has 1 amide bonds. The van der Waals surface area contributed by atoms with Gasteiger partial charge < -0.3 is 14.7 Å². The van der Waals surface area contributed by atoms with Crippen molar-refractivity contribution < 1.29 is 27.8 Å². The molecule has 1 fully saturated rings. The van der Waals surface area contributed by atoms with E-state index in [0.717, 1.165) is 18.3 Å². The predicted molar refractivity (Wildman–Crippen MR) is 107 cm³/mol. The molecule has 0 aliphatic carbocycles. The zero-order valence-electron chi connectivity index (χ0n) is 16.7. The summed E-state index contributed by atoms with van der Waals surface area (Å²) in [5.74, 6) is 0.235. The Morgan fingerprint density at radius 3 is 2.52 bits per heavy atom. The number of alkyl halides is 3. The number of benzene rings is 1. The monoisotopic (exact) mass is 431 g/mol. The molecule has 0 atom stereocenters. The Labute approximate surface area is 176 Å². The normalized spacial score (nSPS) is 16.4. The first kappa shape index (κ1) is 21.0. The summed E-state index contributed by atoms with van der Waals surface area (Å²) in [5.41, 5.74) is -0.696. The van der Waals surface area contributed by atoms with Gasteiger partial charge in [0, 0.05) is 30.7 Å². The molecule has 0 unspecified atom stereocenters. The SMILES string of the molecule is CC1(O)CCN(C(=O)c2ccc3cc(Oc4ccc(C(F)(F)F)cn4)ccc3n2)CC1. The number of aromatic nitrogens is 2. The Morgan fingerprint density at radius 1 is 1.13 bits per heavy atom. The number of ether oxygens (including phenoxy) is 1. The van der Waals surface area contributed by atoms with E-state index in [1.807, 2.05) is 0 Å². The van der Waals surface area contributed by atoms with Gasteiger partial charge >= 0.3 is 6.18 Å². The zero-order valence-corrected chi connectivity index (χ0v) is 16.7. The summed E-state index contributed by atoms with van der Waals surface area (Å²) in [6.45, 7) is 2.71. The van der Waals surface area contributed by atoms with Crippen LogP contribution in [0.15, 0.2) is 48.7 Å². The van der Waals surface area contributed by atoms with E-state index in [1.54, 1.807) is 42.2 Å². The quantitative estimate of drug-likeness (QED) is 0.664. The van der Waals surface area contributed by atoms with Gasteiger partial charge in [0.25, 0.3) is 5.91 Å². The number of amides is 1. The lowest BCUT2D eigenvalue weighted by Crippen LogP contribution is -2.45. The Morgan fingerprint density at radius 2 is 1.87 bits per heavy atom. The number of carbonyl (C=O) groups is 1. The van der Waals surface area contributed by atoms with Crippen molar-refractivity contribution in [3.63, 3.8) is 0 Å². The van der Waals surface area contributed by atoms with Crippen molar-refractivity contribution in [1.82, 2.24) is 14.9 Å². The van der Waals surface area contributed by atoms with Crippen molar-refractivity contribution in [2.75, 3.05) is 13.1 Å². The van der Waals surface area contributed by atoms with E-state index >= 15 is 0 Å². The minimum atomic E-state index is -4.46. The number of piperidine rings is 1. The van der Waals surface area contributed by atoms with E-state index in [9.17, 15) is 23.1 Å². The molecule has 162 valence electrons. The zero-order chi connectivity index (χ0) is 22.2. The van der Waals surface area contributed by atoms with Crippen molar-refractivity contribution in [3.8, 4) is 11.6 Å². The third kappa shape index (κ3) is 4.77. The van der Waals surface area contributed by atoms with Crippen LogP contribution in [-0.4, -0.2) is 44.6 Å². The second-order valence-corrected chi connectivity index (χ2v) is 7.83. The van der Waals surface area contributed by atoms with E-state index in [0.29, 0.717) is 48.3 Å². The van der Waals surface area contributed by atoms with Crippen LogP contribution >= 0.6 is 0 Å². The number of hydrogen-bond donors (Lipinski definition) is 1. The van der Waals surface area contributed by atoms with Crippen molar-refractivity contribution in [1.29, 1.82) is 0 Å². The number of fused-ring (bicyclic) bond motifs is 1. The molecule has 1 aliphatic rings. The molecule has 9 heteroatoms. The van der Waals surface area contributed by atoms with Gasteiger partial charge in [0.1, 0.15) is 11.4 Å². The standard InChI is InChI=1S/C22H20F3N3O3/c1-21(30)8-10-28(11-9-21)20(29)18-5-2-14-12-16(4-6-17(14)27-18)31-19-7-3-15(13-26-19)22(23,24)25/h2-7,12-13,30H,8-11H2,1H3. The van der Waals surface area contributed by atoms with E-state index in [4.69, 9.17) is 4.74 Å². The van der Waals surface area contributed by atoms with Crippen LogP contribution in [0.5, 0.6) is 11.6 Å². The van der Waals surface area contributed by atoms with E-state index in [1.165, 1.54) is 0 Å². The molecule has 2 aromatic heterocycles. The Hall–Kier alpha value is -3.20. The number of halogens is 3. The molecule has 0 radical (unpaired) electrons. The third-order valence-electron chi connectivity index (χ3n) is 5.29. The first-order valence-electron chi connectivity index (χ1n) is 9.74. The number of rotatable bonds is 3. The summed E-state index contributed by atoms with van der Waals surface area (Å²) in [6.07, 6.45) is -2.70. The van der Waals surface area contributed by atoms with Crippen LogP contribution in [-0.2, 0) is 6.18 Å². The van der Waals surface area contributed by atoms with Gasteiger partial charge in [-0.05, 0) is 50.1 Å². The molecule has 0 spiro atoms. The van der Waals surface area contributed by atoms with E-state index in [2.05, 4.69) is 9.97 Å². The molecule has 31 heavy (non-hydrogen) atoms. The summed E-state index contributed by atoms with van der Waals surface area (Å²) >= 11 is 0. The highest BCUT2D eigenvalue weighted by Crippen LogP contribution is 2.30. The van der Waals surface area contributed by atoms with Gasteiger partial charge in [-0.25, -0.2) is 9.97 Å². The molecule has 0 saturated carbocycles. The fraction of sp³-hybridized carbons (Fsp3) is 0.318. The molecule has 3 aromatic rings. The van der Waals surface area contributed by atoms with Gasteiger partial charge in [-0.15, -0.1) is 0 Å². The number of nitrogens with zero attached hydrogens (tertiary/aromatic N) is 3. The molecule has 1 aromatic carbocycles. The summed E-state index contributed by atoms with van der Waals surface area (Å²) in [7, 11) is 0. The van der Waals surface area contributed by atoms with Gasteiger partial charge in [0.05, 0.1) is 16.7 Å². The van der Waals surface area contributed by atoms with Crippen LogP contribution in [0.4, 0.5) is 13.2 Å². The lowest BCUT2D eigenvalue weighted by Gasteiger charge is -2.35. The summed E-state index contributed by atoms with van der Waals surface area (Å²) in [5, 5.41) is 10.8. The fourth-order valence-corrected chi connectivity index (χ4v) is 3.37. The molecule has 6 nitrogen and oxygen atoms in total. The van der Waals surface area contributed by atoms with Gasteiger partial charge in [0.15, 0.2) is 0 Å². The topological polar surface area (TPSA) is 75.5 Å². The van der Waals surface area contributed by atoms with E-state index in [-0.39, 0.29) is 11.8 Å². The molecule has 3 heterocycles. The molecule has 1 saturated heterocycles. The van der Waals surface area contributed by atoms with Crippen LogP contribution in [0.3, 0.4) is 0 Å². The van der Waals surface area contributed by atoms with Gasteiger partial charge in [0.2, 0.25) is 5.88 Å². The van der Waals surface area contributed by atoms with Gasteiger partial charge in [-0.2, -0.15) is 13.2 Å². The average molecular weight is 431 g/mol. The number of pyridine rings is 2. The smallest absolute Gasteiger partial charge is 0.417 e. The largest absolute Gasteiger partial charge is 0.439 e. The fourth-order valence-electron chi connectivity index (χ4n) is 3.37. The summed E-state index contributed by atoms with van der Waals surface area (Å²) in [6, 6.07) is 10.4. The van der Waals surface area contributed by atoms with E-state index < -0.39 is 17.3 Å². The second kappa shape index (κ2) is 7.81. The van der Waals surface area contributed by atoms with Crippen LogP contribution in [0.2, 0.25) is 0 Å². The van der Waals surface area contributed by atoms with Crippen molar-refractivity contribution in [3.05, 3.63) is 59.9 Å².